The molecule has 29 heavy (non-hydrogen) atoms. The molecule has 0 saturated heterocycles. The monoisotopic (exact) mass is 399 g/mol. The minimum absolute atomic E-state index is 0.573. The maximum Gasteiger partial charge on any atom is 0.254 e. The van der Waals surface area contributed by atoms with Crippen LogP contribution in [0.3, 0.4) is 0 Å². The molecule has 1 aliphatic rings. The van der Waals surface area contributed by atoms with Gasteiger partial charge in [-0.25, -0.2) is 15.0 Å². The highest BCUT2D eigenvalue weighted by molar-refractivity contribution is 6.31. The molecule has 6 rings (SSSR count). The van der Waals surface area contributed by atoms with E-state index in [0.29, 0.717) is 5.78 Å². The quantitative estimate of drug-likeness (QED) is 0.445. The van der Waals surface area contributed by atoms with Gasteiger partial charge in [0.2, 0.25) is 0 Å². The largest absolute Gasteiger partial charge is 0.325 e. The fourth-order valence-corrected chi connectivity index (χ4v) is 4.06. The number of anilines is 2. The van der Waals surface area contributed by atoms with Crippen LogP contribution in [-0.2, 0) is 6.42 Å². The molecule has 8 heteroatoms. The zero-order valence-corrected chi connectivity index (χ0v) is 16.0. The maximum atomic E-state index is 6.26. The summed E-state index contributed by atoms with van der Waals surface area (Å²) in [5, 5.41) is 9.57. The van der Waals surface area contributed by atoms with Crippen molar-refractivity contribution in [3.63, 3.8) is 0 Å². The molecule has 0 atom stereocenters. The van der Waals surface area contributed by atoms with Gasteiger partial charge in [-0.2, -0.15) is 0 Å². The van der Waals surface area contributed by atoms with Crippen molar-refractivity contribution in [1.82, 2.24) is 29.5 Å². The van der Waals surface area contributed by atoms with E-state index >= 15 is 0 Å². The summed E-state index contributed by atoms with van der Waals surface area (Å²) in [6.07, 6.45) is 8.00. The van der Waals surface area contributed by atoms with Gasteiger partial charge in [0.25, 0.3) is 5.78 Å². The Hall–Kier alpha value is -3.58. The molecule has 0 bridgehead atoms. The molecule has 0 unspecified atom stereocenters. The third kappa shape index (κ3) is 2.62. The van der Waals surface area contributed by atoms with E-state index in [9.17, 15) is 0 Å². The third-order valence-electron chi connectivity index (χ3n) is 5.30. The predicted octanol–water partition coefficient (Wildman–Crippen LogP) is 4.08. The zero-order valence-electron chi connectivity index (χ0n) is 15.2. The second kappa shape index (κ2) is 6.22. The fraction of sp³-hybridized carbons (Fsp3) is 0.0952. The second-order valence-corrected chi connectivity index (χ2v) is 7.42. The molecule has 0 radical (unpaired) electrons. The minimum atomic E-state index is 0.573. The number of halogens is 1. The van der Waals surface area contributed by atoms with Gasteiger partial charge < -0.3 is 4.90 Å². The Morgan fingerprint density at radius 1 is 0.966 bits per heavy atom. The summed E-state index contributed by atoms with van der Waals surface area (Å²) in [4.78, 5) is 15.7. The lowest BCUT2D eigenvalue weighted by Crippen LogP contribution is -2.15. The number of benzene rings is 2. The van der Waals surface area contributed by atoms with Crippen molar-refractivity contribution in [2.45, 2.75) is 6.42 Å². The van der Waals surface area contributed by atoms with Crippen LogP contribution in [0.4, 0.5) is 11.5 Å². The average Bonchev–Trinajstić information content (AvgIpc) is 3.39. The van der Waals surface area contributed by atoms with Gasteiger partial charge in [-0.05, 0) is 41.8 Å². The van der Waals surface area contributed by atoms with Gasteiger partial charge in [-0.1, -0.05) is 23.7 Å². The number of aromatic nitrogens is 6. The number of nitrogens with zero attached hydrogens (tertiary/aromatic N) is 7. The fourth-order valence-electron chi connectivity index (χ4n) is 3.89. The zero-order chi connectivity index (χ0) is 19.4. The van der Waals surface area contributed by atoms with Crippen LogP contribution in [0.5, 0.6) is 0 Å². The summed E-state index contributed by atoms with van der Waals surface area (Å²) in [5.41, 5.74) is 5.28. The van der Waals surface area contributed by atoms with E-state index < -0.39 is 0 Å². The molecule has 0 amide bonds. The normalized spacial score (nSPS) is 13.3. The van der Waals surface area contributed by atoms with Crippen molar-refractivity contribution in [1.29, 1.82) is 0 Å². The lowest BCUT2D eigenvalue weighted by atomic mass is 10.1. The van der Waals surface area contributed by atoms with Crippen LogP contribution in [0.15, 0.2) is 61.4 Å². The first kappa shape index (κ1) is 16.4. The van der Waals surface area contributed by atoms with Crippen LogP contribution in [0.25, 0.3) is 27.8 Å². The van der Waals surface area contributed by atoms with Crippen molar-refractivity contribution >= 4 is 39.8 Å². The standard InChI is InChI=1S/C21H14ClN7/c22-16-3-1-13-5-6-29(19(13)8-16)20-17-7-14(2-4-18(17)24-11-25-20)15-9-23-21-27-26-12-28(21)10-15/h1-4,7-12H,5-6H2. The smallest absolute Gasteiger partial charge is 0.254 e. The van der Waals surface area contributed by atoms with Crippen molar-refractivity contribution < 1.29 is 0 Å². The van der Waals surface area contributed by atoms with Gasteiger partial charge in [0.1, 0.15) is 18.5 Å². The molecule has 0 aliphatic carbocycles. The SMILES string of the molecule is Clc1ccc2c(c1)N(c1ncnc3ccc(-c4cnc5nncn5c4)cc13)CC2. The van der Waals surface area contributed by atoms with Gasteiger partial charge >= 0.3 is 0 Å². The molecule has 5 aromatic rings. The van der Waals surface area contributed by atoms with Crippen LogP contribution in [0.1, 0.15) is 5.56 Å². The molecule has 0 saturated carbocycles. The summed E-state index contributed by atoms with van der Waals surface area (Å²) in [7, 11) is 0. The molecule has 0 spiro atoms. The summed E-state index contributed by atoms with van der Waals surface area (Å²) in [5.74, 6) is 1.46. The van der Waals surface area contributed by atoms with E-state index in [1.807, 2.05) is 30.5 Å². The van der Waals surface area contributed by atoms with Crippen molar-refractivity contribution in [2.24, 2.45) is 0 Å². The van der Waals surface area contributed by atoms with E-state index in [0.717, 1.165) is 51.5 Å². The van der Waals surface area contributed by atoms with Gasteiger partial charge in [-0.3, -0.25) is 4.40 Å². The van der Waals surface area contributed by atoms with E-state index in [1.54, 1.807) is 23.3 Å². The Kier molecular flexibility index (Phi) is 3.51. The van der Waals surface area contributed by atoms with Crippen LogP contribution in [0.2, 0.25) is 5.02 Å². The van der Waals surface area contributed by atoms with Crippen molar-refractivity contribution in [3.05, 3.63) is 72.0 Å². The van der Waals surface area contributed by atoms with Crippen LogP contribution >= 0.6 is 11.6 Å². The van der Waals surface area contributed by atoms with Gasteiger partial charge in [-0.15, -0.1) is 10.2 Å². The number of hydrogen-bond acceptors (Lipinski definition) is 6. The van der Waals surface area contributed by atoms with E-state index in [1.165, 1.54) is 5.56 Å². The Morgan fingerprint density at radius 3 is 2.90 bits per heavy atom. The summed E-state index contributed by atoms with van der Waals surface area (Å²) in [6, 6.07) is 12.2. The topological polar surface area (TPSA) is 72.1 Å². The first-order valence-corrected chi connectivity index (χ1v) is 9.60. The van der Waals surface area contributed by atoms with Gasteiger partial charge in [0.15, 0.2) is 0 Å². The molecular formula is C21H14ClN7. The predicted molar refractivity (Wildman–Crippen MR) is 111 cm³/mol. The number of hydrogen-bond donors (Lipinski definition) is 0. The molecule has 140 valence electrons. The maximum absolute atomic E-state index is 6.26. The van der Waals surface area contributed by atoms with Crippen molar-refractivity contribution in [3.8, 4) is 11.1 Å². The first-order valence-electron chi connectivity index (χ1n) is 9.23. The molecule has 3 aromatic heterocycles. The van der Waals surface area contributed by atoms with Crippen LogP contribution < -0.4 is 4.90 Å². The molecule has 1 aliphatic heterocycles. The van der Waals surface area contributed by atoms with Crippen LogP contribution in [0, 0.1) is 0 Å². The number of fused-ring (bicyclic) bond motifs is 3. The molecular weight excluding hydrogens is 386 g/mol. The second-order valence-electron chi connectivity index (χ2n) is 6.98. The molecule has 0 N–H and O–H groups in total. The van der Waals surface area contributed by atoms with Crippen molar-refractivity contribution in [2.75, 3.05) is 11.4 Å². The Bertz CT molecular complexity index is 1390. The van der Waals surface area contributed by atoms with Gasteiger partial charge in [0, 0.05) is 40.6 Å². The summed E-state index contributed by atoms with van der Waals surface area (Å²) >= 11 is 6.26. The molecule has 4 heterocycles. The van der Waals surface area contributed by atoms with E-state index in [-0.39, 0.29) is 0 Å². The molecule has 7 nitrogen and oxygen atoms in total. The summed E-state index contributed by atoms with van der Waals surface area (Å²) in [6.45, 7) is 0.861. The average molecular weight is 400 g/mol. The Morgan fingerprint density at radius 2 is 1.93 bits per heavy atom. The lowest BCUT2D eigenvalue weighted by molar-refractivity contribution is 0.975. The lowest BCUT2D eigenvalue weighted by Gasteiger charge is -2.20. The minimum Gasteiger partial charge on any atom is -0.325 e. The summed E-state index contributed by atoms with van der Waals surface area (Å²) < 4.78 is 1.81. The Balaban J connectivity index is 1.52. The number of rotatable bonds is 2. The van der Waals surface area contributed by atoms with Crippen LogP contribution in [-0.4, -0.2) is 36.1 Å². The molecule has 0 fully saturated rings. The Labute approximate surface area is 170 Å². The van der Waals surface area contributed by atoms with E-state index in [4.69, 9.17) is 11.6 Å². The van der Waals surface area contributed by atoms with Gasteiger partial charge in [0.05, 0.1) is 5.52 Å². The highest BCUT2D eigenvalue weighted by Crippen LogP contribution is 2.38. The third-order valence-corrected chi connectivity index (χ3v) is 5.53. The first-order chi connectivity index (χ1) is 14.3. The highest BCUT2D eigenvalue weighted by atomic mass is 35.5. The van der Waals surface area contributed by atoms with E-state index in [2.05, 4.69) is 42.2 Å². The highest BCUT2D eigenvalue weighted by Gasteiger charge is 2.23. The molecule has 2 aromatic carbocycles.